The third-order valence-electron chi connectivity index (χ3n) is 4.19. The molecular formula is C22H22ClNO4S2. The fourth-order valence-electron chi connectivity index (χ4n) is 2.68. The van der Waals surface area contributed by atoms with E-state index in [0.717, 1.165) is 5.56 Å². The molecule has 0 aliphatic carbocycles. The molecule has 2 aromatic carbocycles. The Hall–Kier alpha value is -2.22. The first-order valence-electron chi connectivity index (χ1n) is 9.48. The molecule has 0 N–H and O–H groups in total. The Morgan fingerprint density at radius 3 is 2.47 bits per heavy atom. The van der Waals surface area contributed by atoms with Crippen molar-refractivity contribution in [3.63, 3.8) is 0 Å². The summed E-state index contributed by atoms with van der Waals surface area (Å²) in [6, 6.07) is 13.0. The van der Waals surface area contributed by atoms with Gasteiger partial charge in [-0.15, -0.1) is 0 Å². The van der Waals surface area contributed by atoms with E-state index in [4.69, 9.17) is 38.0 Å². The van der Waals surface area contributed by atoms with Crippen molar-refractivity contribution in [2.75, 3.05) is 26.9 Å². The van der Waals surface area contributed by atoms with E-state index >= 15 is 0 Å². The molecule has 1 fully saturated rings. The number of thiocarbonyl (C=S) groups is 1. The fourth-order valence-corrected chi connectivity index (χ4v) is 4.05. The van der Waals surface area contributed by atoms with Crippen LogP contribution in [0.3, 0.4) is 0 Å². The van der Waals surface area contributed by atoms with E-state index in [0.29, 0.717) is 57.7 Å². The van der Waals surface area contributed by atoms with E-state index in [-0.39, 0.29) is 5.91 Å². The van der Waals surface area contributed by atoms with Gasteiger partial charge in [0, 0.05) is 13.5 Å². The highest BCUT2D eigenvalue weighted by Gasteiger charge is 2.28. The predicted molar refractivity (Wildman–Crippen MR) is 126 cm³/mol. The van der Waals surface area contributed by atoms with E-state index in [1.165, 1.54) is 16.7 Å². The number of likely N-dealkylation sites (N-methyl/N-ethyl adjacent to an activating group) is 1. The van der Waals surface area contributed by atoms with Crippen LogP contribution in [0.5, 0.6) is 17.2 Å². The Kier molecular flexibility index (Phi) is 8.01. The van der Waals surface area contributed by atoms with Gasteiger partial charge < -0.3 is 14.2 Å². The van der Waals surface area contributed by atoms with Crippen LogP contribution in [0.4, 0.5) is 0 Å². The van der Waals surface area contributed by atoms with Gasteiger partial charge in [0.1, 0.15) is 10.1 Å². The van der Waals surface area contributed by atoms with Crippen molar-refractivity contribution in [2.45, 2.75) is 13.3 Å². The molecule has 1 aliphatic rings. The normalized spacial score (nSPS) is 15.0. The van der Waals surface area contributed by atoms with Crippen LogP contribution in [0, 0.1) is 0 Å². The Labute approximate surface area is 190 Å². The van der Waals surface area contributed by atoms with Crippen LogP contribution < -0.4 is 14.2 Å². The van der Waals surface area contributed by atoms with Crippen molar-refractivity contribution < 1.29 is 19.0 Å². The molecular weight excluding hydrogens is 442 g/mol. The van der Waals surface area contributed by atoms with Gasteiger partial charge in [-0.3, -0.25) is 9.69 Å². The van der Waals surface area contributed by atoms with E-state index in [1.54, 1.807) is 13.1 Å². The summed E-state index contributed by atoms with van der Waals surface area (Å²) in [7, 11) is 1.68. The number of amides is 1. The summed E-state index contributed by atoms with van der Waals surface area (Å²) in [6.07, 6.45) is 2.50. The number of carbonyl (C=O) groups excluding carboxylic acids is 1. The van der Waals surface area contributed by atoms with Crippen LogP contribution in [0.1, 0.15) is 18.9 Å². The molecule has 0 bridgehead atoms. The topological polar surface area (TPSA) is 48.0 Å². The van der Waals surface area contributed by atoms with Gasteiger partial charge in [0.15, 0.2) is 11.5 Å². The lowest BCUT2D eigenvalue weighted by Crippen LogP contribution is -2.22. The molecule has 0 unspecified atom stereocenters. The molecule has 0 radical (unpaired) electrons. The molecule has 30 heavy (non-hydrogen) atoms. The quantitative estimate of drug-likeness (QED) is 0.281. The first-order valence-corrected chi connectivity index (χ1v) is 11.1. The average molecular weight is 464 g/mol. The number of rotatable bonds is 9. The van der Waals surface area contributed by atoms with Crippen molar-refractivity contribution in [3.8, 4) is 17.2 Å². The Morgan fingerprint density at radius 2 is 1.80 bits per heavy atom. The van der Waals surface area contributed by atoms with Gasteiger partial charge in [-0.25, -0.2) is 0 Å². The summed E-state index contributed by atoms with van der Waals surface area (Å²) in [5, 5.41) is 0.590. The van der Waals surface area contributed by atoms with Crippen molar-refractivity contribution in [1.29, 1.82) is 0 Å². The van der Waals surface area contributed by atoms with Crippen molar-refractivity contribution in [1.82, 2.24) is 4.90 Å². The molecule has 0 spiro atoms. The predicted octanol–water partition coefficient (Wildman–Crippen LogP) is 5.42. The molecule has 1 heterocycles. The number of carbonyl (C=O) groups is 1. The average Bonchev–Trinajstić information content (AvgIpc) is 2.97. The second-order valence-corrected chi connectivity index (χ2v) is 8.44. The molecule has 3 rings (SSSR count). The summed E-state index contributed by atoms with van der Waals surface area (Å²) in [5.74, 6) is 1.85. The second-order valence-electron chi connectivity index (χ2n) is 6.36. The van der Waals surface area contributed by atoms with Crippen LogP contribution in [0.15, 0.2) is 47.4 Å². The highest BCUT2D eigenvalue weighted by molar-refractivity contribution is 8.26. The van der Waals surface area contributed by atoms with Crippen molar-refractivity contribution >= 4 is 51.9 Å². The number of halogens is 1. The number of benzene rings is 2. The van der Waals surface area contributed by atoms with Gasteiger partial charge in [-0.2, -0.15) is 0 Å². The van der Waals surface area contributed by atoms with Crippen molar-refractivity contribution in [3.05, 3.63) is 58.0 Å². The molecule has 8 heteroatoms. The number of thioether (sulfide) groups is 1. The monoisotopic (exact) mass is 463 g/mol. The largest absolute Gasteiger partial charge is 0.492 e. The van der Waals surface area contributed by atoms with Crippen LogP contribution in [0.25, 0.3) is 6.08 Å². The maximum Gasteiger partial charge on any atom is 0.265 e. The molecule has 2 aromatic rings. The zero-order valence-corrected chi connectivity index (χ0v) is 19.1. The minimum absolute atomic E-state index is 0.0956. The maximum atomic E-state index is 12.2. The minimum Gasteiger partial charge on any atom is -0.492 e. The van der Waals surface area contributed by atoms with E-state index < -0.39 is 0 Å². The molecule has 158 valence electrons. The van der Waals surface area contributed by atoms with Crippen molar-refractivity contribution in [2.24, 2.45) is 0 Å². The van der Waals surface area contributed by atoms with Gasteiger partial charge in [0.2, 0.25) is 0 Å². The van der Waals surface area contributed by atoms with Crippen LogP contribution in [-0.4, -0.2) is 42.0 Å². The first-order chi connectivity index (χ1) is 14.5. The zero-order valence-electron chi connectivity index (χ0n) is 16.7. The standard InChI is InChI=1S/C22H22ClNO4S2/c1-3-26-19-13-15(14-20-21(25)24(2)22(29)30-20)9-10-18(19)28-12-6-11-27-17-8-5-4-7-16(17)23/h4-5,7-10,13-14H,3,6,11-12H2,1-2H3/b20-14-. The Morgan fingerprint density at radius 1 is 1.07 bits per heavy atom. The lowest BCUT2D eigenvalue weighted by Gasteiger charge is -2.13. The highest BCUT2D eigenvalue weighted by Crippen LogP contribution is 2.34. The van der Waals surface area contributed by atoms with E-state index in [1.807, 2.05) is 49.4 Å². The minimum atomic E-state index is -0.0956. The Bertz CT molecular complexity index is 964. The summed E-state index contributed by atoms with van der Waals surface area (Å²) < 4.78 is 17.8. The van der Waals surface area contributed by atoms with Gasteiger partial charge in [-0.1, -0.05) is 53.8 Å². The lowest BCUT2D eigenvalue weighted by atomic mass is 10.2. The zero-order chi connectivity index (χ0) is 21.5. The summed E-state index contributed by atoms with van der Waals surface area (Å²) >= 11 is 12.5. The third kappa shape index (κ3) is 5.68. The summed E-state index contributed by atoms with van der Waals surface area (Å²) in [6.45, 7) is 3.38. The van der Waals surface area contributed by atoms with Crippen LogP contribution in [0.2, 0.25) is 5.02 Å². The molecule has 5 nitrogen and oxygen atoms in total. The molecule has 1 saturated heterocycles. The number of para-hydroxylation sites is 1. The molecule has 1 amide bonds. The van der Waals surface area contributed by atoms with Crippen LogP contribution in [-0.2, 0) is 4.79 Å². The number of ether oxygens (including phenoxy) is 3. The lowest BCUT2D eigenvalue weighted by molar-refractivity contribution is -0.121. The smallest absolute Gasteiger partial charge is 0.265 e. The molecule has 0 saturated carbocycles. The van der Waals surface area contributed by atoms with Gasteiger partial charge in [-0.05, 0) is 42.8 Å². The van der Waals surface area contributed by atoms with Gasteiger partial charge in [0.05, 0.1) is 29.7 Å². The Balaban J connectivity index is 1.59. The second kappa shape index (κ2) is 10.7. The third-order valence-corrected chi connectivity index (χ3v) is 5.99. The number of hydrogen-bond donors (Lipinski definition) is 0. The van der Waals surface area contributed by atoms with E-state index in [2.05, 4.69) is 0 Å². The molecule has 1 aliphatic heterocycles. The molecule has 0 atom stereocenters. The molecule has 0 aromatic heterocycles. The number of hydrogen-bond acceptors (Lipinski definition) is 6. The number of nitrogens with zero attached hydrogens (tertiary/aromatic N) is 1. The van der Waals surface area contributed by atoms with Gasteiger partial charge in [0.25, 0.3) is 5.91 Å². The first kappa shape index (κ1) is 22.5. The fraction of sp³-hybridized carbons (Fsp3) is 0.273. The van der Waals surface area contributed by atoms with Gasteiger partial charge >= 0.3 is 0 Å². The SMILES string of the molecule is CCOc1cc(/C=C2\SC(=S)N(C)C2=O)ccc1OCCCOc1ccccc1Cl. The summed E-state index contributed by atoms with van der Waals surface area (Å²) in [4.78, 5) is 14.3. The maximum absolute atomic E-state index is 12.2. The highest BCUT2D eigenvalue weighted by atomic mass is 35.5. The van der Waals surface area contributed by atoms with E-state index in [9.17, 15) is 4.79 Å². The summed E-state index contributed by atoms with van der Waals surface area (Å²) in [5.41, 5.74) is 0.849. The van der Waals surface area contributed by atoms with Crippen LogP contribution >= 0.6 is 35.6 Å².